The highest BCUT2D eigenvalue weighted by atomic mass is 32.1. The molecule has 0 aliphatic heterocycles. The van der Waals surface area contributed by atoms with Crippen LogP contribution in [0.15, 0.2) is 30.5 Å². The van der Waals surface area contributed by atoms with E-state index in [1.165, 1.54) is 0 Å². The summed E-state index contributed by atoms with van der Waals surface area (Å²) in [5.74, 6) is 0. The zero-order valence-electron chi connectivity index (χ0n) is 13.6. The Morgan fingerprint density at radius 2 is 1.96 bits per heavy atom. The van der Waals surface area contributed by atoms with Crippen molar-refractivity contribution in [2.24, 2.45) is 7.05 Å². The van der Waals surface area contributed by atoms with Crippen LogP contribution in [0.4, 0.5) is 28.8 Å². The highest BCUT2D eigenvalue weighted by Crippen LogP contribution is 2.33. The van der Waals surface area contributed by atoms with Crippen LogP contribution < -0.4 is 10.6 Å². The molecule has 2 N–H and O–H groups in total. The third-order valence-electron chi connectivity index (χ3n) is 3.49. The number of alkyl halides is 3. The van der Waals surface area contributed by atoms with E-state index in [-0.39, 0.29) is 16.5 Å². The van der Waals surface area contributed by atoms with E-state index in [2.05, 4.69) is 25.9 Å². The number of anilines is 2. The minimum Gasteiger partial charge on any atom is -0.307 e. The fraction of sp³-hybridized carbons (Fsp3) is 0.200. The largest absolute Gasteiger partial charge is 0.445 e. The van der Waals surface area contributed by atoms with Gasteiger partial charge in [-0.3, -0.25) is 10.00 Å². The number of urea groups is 1. The molecule has 2 heterocycles. The van der Waals surface area contributed by atoms with E-state index in [1.807, 2.05) is 18.2 Å². The average Bonchev–Trinajstić information content (AvgIpc) is 3.18. The van der Waals surface area contributed by atoms with Gasteiger partial charge in [-0.15, -0.1) is 10.2 Å². The van der Waals surface area contributed by atoms with Gasteiger partial charge in [-0.2, -0.15) is 18.3 Å². The first-order valence-corrected chi connectivity index (χ1v) is 8.13. The molecule has 2 amide bonds. The Labute approximate surface area is 149 Å². The van der Waals surface area contributed by atoms with Gasteiger partial charge in [-0.25, -0.2) is 4.79 Å². The van der Waals surface area contributed by atoms with Gasteiger partial charge in [0, 0.05) is 24.5 Å². The topological polar surface area (TPSA) is 84.7 Å². The number of nitrogens with one attached hydrogen (secondary N) is 2. The first-order chi connectivity index (χ1) is 12.2. The first-order valence-electron chi connectivity index (χ1n) is 7.32. The third-order valence-corrected chi connectivity index (χ3v) is 4.37. The number of rotatable bonds is 3. The lowest BCUT2D eigenvalue weighted by Crippen LogP contribution is -2.20. The smallest absolute Gasteiger partial charge is 0.307 e. The number of hydrogen-bond acceptors (Lipinski definition) is 5. The van der Waals surface area contributed by atoms with Crippen LogP contribution in [-0.4, -0.2) is 26.0 Å². The lowest BCUT2D eigenvalue weighted by molar-refractivity contribution is -0.138. The van der Waals surface area contributed by atoms with Gasteiger partial charge in [0.05, 0.1) is 5.69 Å². The molecule has 0 aliphatic rings. The Morgan fingerprint density at radius 1 is 1.19 bits per heavy atom. The fourth-order valence-corrected chi connectivity index (χ4v) is 2.82. The van der Waals surface area contributed by atoms with Gasteiger partial charge in [0.15, 0.2) is 0 Å². The summed E-state index contributed by atoms with van der Waals surface area (Å²) in [5, 5.41) is 13.9. The molecule has 11 heteroatoms. The summed E-state index contributed by atoms with van der Waals surface area (Å²) in [4.78, 5) is 12.1. The normalized spacial score (nSPS) is 11.4. The van der Waals surface area contributed by atoms with E-state index >= 15 is 0 Å². The summed E-state index contributed by atoms with van der Waals surface area (Å²) in [6.07, 6.45) is -2.94. The molecule has 0 aliphatic carbocycles. The van der Waals surface area contributed by atoms with Crippen molar-refractivity contribution >= 4 is 28.2 Å². The van der Waals surface area contributed by atoms with E-state index in [0.29, 0.717) is 5.69 Å². The van der Waals surface area contributed by atoms with Gasteiger partial charge < -0.3 is 5.32 Å². The summed E-state index contributed by atoms with van der Waals surface area (Å²) >= 11 is 0.255. The monoisotopic (exact) mass is 382 g/mol. The van der Waals surface area contributed by atoms with Crippen LogP contribution in [0, 0.1) is 6.92 Å². The fourth-order valence-electron chi connectivity index (χ4n) is 2.21. The number of hydrogen-bond donors (Lipinski definition) is 2. The summed E-state index contributed by atoms with van der Waals surface area (Å²) < 4.78 is 39.3. The zero-order chi connectivity index (χ0) is 18.9. The van der Waals surface area contributed by atoms with Crippen LogP contribution in [-0.2, 0) is 13.2 Å². The molecule has 3 aromatic rings. The lowest BCUT2D eigenvalue weighted by atomic mass is 10.1. The molecule has 0 spiro atoms. The Bertz CT molecular complexity index is 949. The third kappa shape index (κ3) is 3.82. The molecule has 136 valence electrons. The van der Waals surface area contributed by atoms with E-state index in [9.17, 15) is 18.0 Å². The Balaban J connectivity index is 1.75. The second kappa shape index (κ2) is 6.75. The minimum absolute atomic E-state index is 0.240. The molecule has 0 fully saturated rings. The predicted octanol–water partition coefficient (Wildman–Crippen LogP) is 3.91. The standard InChI is InChI=1S/C15H13F3N6OS/c1-8-3-4-9(11-5-6-19-24(11)2)7-10(8)20-13(25)21-14-23-22-12(26-14)15(16,17)18/h3-7H,1-2H3,(H2,20,21,23,25). The molecule has 2 aromatic heterocycles. The van der Waals surface area contributed by atoms with Crippen molar-refractivity contribution in [2.75, 3.05) is 10.6 Å². The van der Waals surface area contributed by atoms with Crippen LogP contribution in [0.5, 0.6) is 0 Å². The molecule has 0 saturated heterocycles. The molecule has 1 aromatic carbocycles. The highest BCUT2D eigenvalue weighted by molar-refractivity contribution is 7.15. The molecule has 0 unspecified atom stereocenters. The van der Waals surface area contributed by atoms with Crippen LogP contribution in [0.1, 0.15) is 10.6 Å². The summed E-state index contributed by atoms with van der Waals surface area (Å²) in [6, 6.07) is 6.59. The van der Waals surface area contributed by atoms with Crippen LogP contribution in [0.3, 0.4) is 0 Å². The van der Waals surface area contributed by atoms with Crippen molar-refractivity contribution in [1.82, 2.24) is 20.0 Å². The maximum atomic E-state index is 12.5. The van der Waals surface area contributed by atoms with Gasteiger partial charge in [-0.05, 0) is 24.6 Å². The quantitative estimate of drug-likeness (QED) is 0.719. The van der Waals surface area contributed by atoms with Crippen molar-refractivity contribution in [3.63, 3.8) is 0 Å². The summed E-state index contributed by atoms with van der Waals surface area (Å²) in [7, 11) is 1.79. The minimum atomic E-state index is -4.60. The van der Waals surface area contributed by atoms with Crippen LogP contribution >= 0.6 is 11.3 Å². The number of benzene rings is 1. The number of carbonyl (C=O) groups is 1. The van der Waals surface area contributed by atoms with Crippen molar-refractivity contribution in [2.45, 2.75) is 13.1 Å². The lowest BCUT2D eigenvalue weighted by Gasteiger charge is -2.11. The molecule has 3 rings (SSSR count). The Morgan fingerprint density at radius 3 is 2.58 bits per heavy atom. The van der Waals surface area contributed by atoms with Crippen molar-refractivity contribution in [3.8, 4) is 11.3 Å². The zero-order valence-corrected chi connectivity index (χ0v) is 14.4. The van der Waals surface area contributed by atoms with Gasteiger partial charge in [-0.1, -0.05) is 23.5 Å². The van der Waals surface area contributed by atoms with Gasteiger partial charge >= 0.3 is 12.2 Å². The second-order valence-corrected chi connectivity index (χ2v) is 6.34. The Hall–Kier alpha value is -2.95. The van der Waals surface area contributed by atoms with Gasteiger partial charge in [0.25, 0.3) is 0 Å². The van der Waals surface area contributed by atoms with E-state index in [0.717, 1.165) is 16.8 Å². The SMILES string of the molecule is Cc1ccc(-c2ccnn2C)cc1NC(=O)Nc1nnc(C(F)(F)F)s1. The number of nitrogens with zero attached hydrogens (tertiary/aromatic N) is 4. The number of halogens is 3. The molecule has 26 heavy (non-hydrogen) atoms. The predicted molar refractivity (Wildman–Crippen MR) is 90.9 cm³/mol. The Kier molecular flexibility index (Phi) is 4.64. The maximum absolute atomic E-state index is 12.5. The van der Waals surface area contributed by atoms with E-state index in [4.69, 9.17) is 0 Å². The number of amides is 2. The molecular weight excluding hydrogens is 369 g/mol. The molecule has 0 saturated carbocycles. The van der Waals surface area contributed by atoms with Gasteiger partial charge in [0.2, 0.25) is 10.1 Å². The number of aromatic nitrogens is 4. The summed E-state index contributed by atoms with van der Waals surface area (Å²) in [5.41, 5.74) is 3.00. The van der Waals surface area contributed by atoms with Crippen molar-refractivity contribution in [1.29, 1.82) is 0 Å². The number of carbonyl (C=O) groups excluding carboxylic acids is 1. The number of aryl methyl sites for hydroxylation is 2. The van der Waals surface area contributed by atoms with Crippen LogP contribution in [0.2, 0.25) is 0 Å². The molecule has 0 radical (unpaired) electrons. The van der Waals surface area contributed by atoms with Crippen molar-refractivity contribution < 1.29 is 18.0 Å². The molecule has 7 nitrogen and oxygen atoms in total. The highest BCUT2D eigenvalue weighted by Gasteiger charge is 2.35. The second-order valence-electron chi connectivity index (χ2n) is 5.36. The summed E-state index contributed by atoms with van der Waals surface area (Å²) in [6.45, 7) is 1.80. The molecule has 0 bridgehead atoms. The van der Waals surface area contributed by atoms with Crippen LogP contribution in [0.25, 0.3) is 11.3 Å². The van der Waals surface area contributed by atoms with E-state index < -0.39 is 17.2 Å². The van der Waals surface area contributed by atoms with E-state index in [1.54, 1.807) is 30.9 Å². The average molecular weight is 382 g/mol. The maximum Gasteiger partial charge on any atom is 0.445 e. The molecule has 0 atom stereocenters. The van der Waals surface area contributed by atoms with Crippen molar-refractivity contribution in [3.05, 3.63) is 41.0 Å². The molecular formula is C15H13F3N6OS. The first kappa shape index (κ1) is 17.9. The van der Waals surface area contributed by atoms with Gasteiger partial charge in [0.1, 0.15) is 0 Å².